The number of carbonyl (C=O) groups is 1. The molecule has 0 saturated carbocycles. The van der Waals surface area contributed by atoms with E-state index < -0.39 is 0 Å². The maximum atomic E-state index is 11.7. The molecule has 1 heterocycles. The Kier molecular flexibility index (Phi) is 2.95. The molecule has 0 spiro atoms. The van der Waals surface area contributed by atoms with Crippen LogP contribution in [-0.4, -0.2) is 15.3 Å². The van der Waals surface area contributed by atoms with Gasteiger partial charge in [0.05, 0.1) is 6.54 Å². The molecular formula is C13H14N2O2. The summed E-state index contributed by atoms with van der Waals surface area (Å²) >= 11 is 0. The number of H-pyrrole nitrogens is 1. The first-order valence-electron chi connectivity index (χ1n) is 5.44. The second kappa shape index (κ2) is 4.41. The summed E-state index contributed by atoms with van der Waals surface area (Å²) in [5.41, 5.74) is 1.88. The SMILES string of the molecule is CC(=O)c1[nH]c(=O)n(Cc2ccccc2)c1C. The highest BCUT2D eigenvalue weighted by Crippen LogP contribution is 2.07. The van der Waals surface area contributed by atoms with Gasteiger partial charge in [0.15, 0.2) is 5.78 Å². The quantitative estimate of drug-likeness (QED) is 0.816. The Bertz CT molecular complexity index is 594. The van der Waals surface area contributed by atoms with Crippen LogP contribution in [0, 0.1) is 6.92 Å². The Balaban J connectivity index is 2.41. The summed E-state index contributed by atoms with van der Waals surface area (Å²) in [6, 6.07) is 9.68. The first-order chi connectivity index (χ1) is 8.09. The van der Waals surface area contributed by atoms with Gasteiger partial charge in [0.1, 0.15) is 5.69 Å². The average Bonchev–Trinajstić information content (AvgIpc) is 2.58. The number of hydrogen-bond acceptors (Lipinski definition) is 2. The molecule has 2 aromatic rings. The lowest BCUT2D eigenvalue weighted by Gasteiger charge is -2.04. The lowest BCUT2D eigenvalue weighted by atomic mass is 10.2. The van der Waals surface area contributed by atoms with Crippen molar-refractivity contribution in [3.8, 4) is 0 Å². The fourth-order valence-corrected chi connectivity index (χ4v) is 1.85. The predicted octanol–water partition coefficient (Wildman–Crippen LogP) is 1.74. The second-order valence-corrected chi connectivity index (χ2v) is 4.02. The smallest absolute Gasteiger partial charge is 0.303 e. The zero-order valence-electron chi connectivity index (χ0n) is 9.86. The third kappa shape index (κ3) is 2.20. The number of benzene rings is 1. The summed E-state index contributed by atoms with van der Waals surface area (Å²) < 4.78 is 1.58. The zero-order valence-corrected chi connectivity index (χ0v) is 9.86. The molecule has 0 saturated heterocycles. The van der Waals surface area contributed by atoms with E-state index in [1.165, 1.54) is 6.92 Å². The van der Waals surface area contributed by atoms with Gasteiger partial charge in [0, 0.05) is 12.6 Å². The molecule has 0 amide bonds. The minimum Gasteiger partial charge on any atom is -0.303 e. The van der Waals surface area contributed by atoms with E-state index in [9.17, 15) is 9.59 Å². The molecule has 1 aromatic carbocycles. The molecule has 4 heteroatoms. The zero-order chi connectivity index (χ0) is 12.4. The van der Waals surface area contributed by atoms with Crippen molar-refractivity contribution in [3.63, 3.8) is 0 Å². The molecule has 0 unspecified atom stereocenters. The van der Waals surface area contributed by atoms with Crippen LogP contribution in [0.2, 0.25) is 0 Å². The van der Waals surface area contributed by atoms with Crippen LogP contribution in [0.5, 0.6) is 0 Å². The number of rotatable bonds is 3. The van der Waals surface area contributed by atoms with Crippen LogP contribution in [0.25, 0.3) is 0 Å². The second-order valence-electron chi connectivity index (χ2n) is 4.02. The highest BCUT2D eigenvalue weighted by molar-refractivity contribution is 5.93. The monoisotopic (exact) mass is 230 g/mol. The van der Waals surface area contributed by atoms with Gasteiger partial charge in [-0.3, -0.25) is 9.36 Å². The highest BCUT2D eigenvalue weighted by atomic mass is 16.2. The number of ketones is 1. The number of nitrogens with one attached hydrogen (secondary N) is 1. The van der Waals surface area contributed by atoms with E-state index in [0.717, 1.165) is 5.56 Å². The van der Waals surface area contributed by atoms with E-state index in [4.69, 9.17) is 0 Å². The summed E-state index contributed by atoms with van der Waals surface area (Å²) in [6.07, 6.45) is 0. The molecule has 4 nitrogen and oxygen atoms in total. The fourth-order valence-electron chi connectivity index (χ4n) is 1.85. The molecule has 2 rings (SSSR count). The third-order valence-corrected chi connectivity index (χ3v) is 2.78. The largest absolute Gasteiger partial charge is 0.326 e. The number of nitrogens with zero attached hydrogens (tertiary/aromatic N) is 1. The van der Waals surface area contributed by atoms with Crippen molar-refractivity contribution >= 4 is 5.78 Å². The summed E-state index contributed by atoms with van der Waals surface area (Å²) in [4.78, 5) is 25.6. The predicted molar refractivity (Wildman–Crippen MR) is 65.3 cm³/mol. The maximum Gasteiger partial charge on any atom is 0.326 e. The number of aromatic amines is 1. The van der Waals surface area contributed by atoms with E-state index in [2.05, 4.69) is 4.98 Å². The summed E-state index contributed by atoms with van der Waals surface area (Å²) in [5.74, 6) is -0.119. The molecular weight excluding hydrogens is 216 g/mol. The molecule has 1 N–H and O–H groups in total. The Hall–Kier alpha value is -2.10. The summed E-state index contributed by atoms with van der Waals surface area (Å²) in [7, 11) is 0. The third-order valence-electron chi connectivity index (χ3n) is 2.78. The highest BCUT2D eigenvalue weighted by Gasteiger charge is 2.13. The first-order valence-corrected chi connectivity index (χ1v) is 5.44. The summed E-state index contributed by atoms with van der Waals surface area (Å²) in [5, 5.41) is 0. The Morgan fingerprint density at radius 1 is 1.29 bits per heavy atom. The van der Waals surface area contributed by atoms with Crippen LogP contribution in [0.4, 0.5) is 0 Å². The van der Waals surface area contributed by atoms with E-state index in [1.54, 1.807) is 11.5 Å². The van der Waals surface area contributed by atoms with E-state index >= 15 is 0 Å². The lowest BCUT2D eigenvalue weighted by Crippen LogP contribution is -2.18. The minimum atomic E-state index is -0.239. The van der Waals surface area contributed by atoms with Crippen molar-refractivity contribution in [2.45, 2.75) is 20.4 Å². The van der Waals surface area contributed by atoms with Gasteiger partial charge in [-0.1, -0.05) is 30.3 Å². The number of imidazole rings is 1. The van der Waals surface area contributed by atoms with Crippen LogP contribution in [0.15, 0.2) is 35.1 Å². The number of Topliss-reactive ketones (excluding diaryl/α,β-unsaturated/α-hetero) is 1. The van der Waals surface area contributed by atoms with Gasteiger partial charge in [-0.15, -0.1) is 0 Å². The van der Waals surface area contributed by atoms with Crippen LogP contribution in [-0.2, 0) is 6.54 Å². The van der Waals surface area contributed by atoms with Gasteiger partial charge in [0.2, 0.25) is 0 Å². The van der Waals surface area contributed by atoms with Crippen molar-refractivity contribution in [2.24, 2.45) is 0 Å². The maximum absolute atomic E-state index is 11.7. The molecule has 0 aliphatic heterocycles. The molecule has 0 fully saturated rings. The van der Waals surface area contributed by atoms with Crippen LogP contribution in [0.1, 0.15) is 28.7 Å². The van der Waals surface area contributed by atoms with Crippen molar-refractivity contribution in [1.82, 2.24) is 9.55 Å². The molecule has 0 radical (unpaired) electrons. The Morgan fingerprint density at radius 2 is 1.94 bits per heavy atom. The lowest BCUT2D eigenvalue weighted by molar-refractivity contribution is 0.101. The van der Waals surface area contributed by atoms with Crippen LogP contribution < -0.4 is 5.69 Å². The Labute approximate surface area is 98.9 Å². The molecule has 0 bridgehead atoms. The van der Waals surface area contributed by atoms with Gasteiger partial charge in [-0.2, -0.15) is 0 Å². The van der Waals surface area contributed by atoms with Gasteiger partial charge in [-0.25, -0.2) is 4.79 Å². The standard InChI is InChI=1S/C13H14N2O2/c1-9-12(10(2)16)14-13(17)15(9)8-11-6-4-3-5-7-11/h3-7H,8H2,1-2H3,(H,14,17). The Morgan fingerprint density at radius 3 is 2.47 bits per heavy atom. The van der Waals surface area contributed by atoms with Crippen LogP contribution in [0.3, 0.4) is 0 Å². The van der Waals surface area contributed by atoms with Crippen LogP contribution >= 0.6 is 0 Å². The van der Waals surface area contributed by atoms with Gasteiger partial charge < -0.3 is 4.98 Å². The van der Waals surface area contributed by atoms with E-state index in [0.29, 0.717) is 17.9 Å². The molecule has 17 heavy (non-hydrogen) atoms. The van der Waals surface area contributed by atoms with Gasteiger partial charge in [-0.05, 0) is 12.5 Å². The number of carbonyl (C=O) groups excluding carboxylic acids is 1. The molecule has 0 aliphatic carbocycles. The average molecular weight is 230 g/mol. The molecule has 0 aliphatic rings. The fraction of sp³-hybridized carbons (Fsp3) is 0.231. The van der Waals surface area contributed by atoms with Crippen molar-refractivity contribution in [2.75, 3.05) is 0 Å². The molecule has 1 aromatic heterocycles. The number of aromatic nitrogens is 2. The molecule has 0 atom stereocenters. The normalized spacial score (nSPS) is 10.5. The van der Waals surface area contributed by atoms with Crippen molar-refractivity contribution in [3.05, 3.63) is 57.8 Å². The van der Waals surface area contributed by atoms with Crippen molar-refractivity contribution in [1.29, 1.82) is 0 Å². The summed E-state index contributed by atoms with van der Waals surface area (Å²) in [6.45, 7) is 3.71. The van der Waals surface area contributed by atoms with Gasteiger partial charge in [0.25, 0.3) is 0 Å². The van der Waals surface area contributed by atoms with Gasteiger partial charge >= 0.3 is 5.69 Å². The van der Waals surface area contributed by atoms with E-state index in [-0.39, 0.29) is 11.5 Å². The van der Waals surface area contributed by atoms with E-state index in [1.807, 2.05) is 30.3 Å². The first kappa shape index (κ1) is 11.4. The molecule has 88 valence electrons. The topological polar surface area (TPSA) is 54.9 Å². The minimum absolute atomic E-state index is 0.119. The number of hydrogen-bond donors (Lipinski definition) is 1. The van der Waals surface area contributed by atoms with Crippen molar-refractivity contribution < 1.29 is 4.79 Å².